The Kier molecular flexibility index (Phi) is 5.31. The number of halogens is 2. The lowest BCUT2D eigenvalue weighted by Crippen LogP contribution is -2.52. The first-order valence-corrected chi connectivity index (χ1v) is 8.13. The van der Waals surface area contributed by atoms with Gasteiger partial charge in [-0.3, -0.25) is 14.6 Å². The van der Waals surface area contributed by atoms with Gasteiger partial charge in [0.2, 0.25) is 0 Å². The van der Waals surface area contributed by atoms with E-state index in [-0.39, 0.29) is 6.04 Å². The van der Waals surface area contributed by atoms with Crippen LogP contribution in [-0.4, -0.2) is 53.1 Å². The van der Waals surface area contributed by atoms with Gasteiger partial charge in [0, 0.05) is 37.8 Å². The molecule has 20 heavy (non-hydrogen) atoms. The van der Waals surface area contributed by atoms with Gasteiger partial charge in [-0.15, -0.1) is 11.3 Å². The topological polar surface area (TPSA) is 43.8 Å². The van der Waals surface area contributed by atoms with E-state index in [0.29, 0.717) is 4.34 Å². The fourth-order valence-electron chi connectivity index (χ4n) is 2.50. The van der Waals surface area contributed by atoms with E-state index in [1.165, 1.54) is 11.3 Å². The van der Waals surface area contributed by atoms with Crippen molar-refractivity contribution in [2.24, 2.45) is 0 Å². The molecule has 0 radical (unpaired) electrons. The van der Waals surface area contributed by atoms with Crippen molar-refractivity contribution < 1.29 is 9.90 Å². The van der Waals surface area contributed by atoms with Gasteiger partial charge in [0.15, 0.2) is 0 Å². The van der Waals surface area contributed by atoms with E-state index < -0.39 is 12.0 Å². The van der Waals surface area contributed by atoms with Crippen molar-refractivity contribution in [3.8, 4) is 0 Å². The lowest BCUT2D eigenvalue weighted by molar-refractivity contribution is -0.143. The van der Waals surface area contributed by atoms with E-state index >= 15 is 0 Å². The van der Waals surface area contributed by atoms with Gasteiger partial charge in [-0.2, -0.15) is 0 Å². The highest BCUT2D eigenvalue weighted by Crippen LogP contribution is 2.37. The van der Waals surface area contributed by atoms with Crippen LogP contribution in [0.3, 0.4) is 0 Å². The number of hydrogen-bond donors (Lipinski definition) is 1. The highest BCUT2D eigenvalue weighted by Gasteiger charge is 2.28. The number of piperazine rings is 1. The summed E-state index contributed by atoms with van der Waals surface area (Å²) in [6, 6.07) is 1.70. The van der Waals surface area contributed by atoms with Crippen LogP contribution in [0.15, 0.2) is 6.07 Å². The van der Waals surface area contributed by atoms with Crippen molar-refractivity contribution in [2.75, 3.05) is 26.2 Å². The number of thiophene rings is 1. The molecule has 1 aliphatic rings. The molecule has 0 bridgehead atoms. The standard InChI is InChI=1S/C13H18Cl2N2O2S/c1-8(10-7-11(14)20-12(10)15)16-3-5-17(6-4-16)9(2)13(18)19/h7-9H,3-6H2,1-2H3,(H,18,19). The van der Waals surface area contributed by atoms with Gasteiger partial charge in [-0.05, 0) is 19.9 Å². The molecule has 1 aliphatic heterocycles. The summed E-state index contributed by atoms with van der Waals surface area (Å²) in [5.74, 6) is -0.765. The summed E-state index contributed by atoms with van der Waals surface area (Å²) in [7, 11) is 0. The molecule has 1 aromatic heterocycles. The summed E-state index contributed by atoms with van der Waals surface area (Å²) in [4.78, 5) is 15.3. The van der Waals surface area contributed by atoms with Crippen LogP contribution in [-0.2, 0) is 4.79 Å². The van der Waals surface area contributed by atoms with Crippen molar-refractivity contribution in [3.05, 3.63) is 20.3 Å². The molecular formula is C13H18Cl2N2O2S. The monoisotopic (exact) mass is 336 g/mol. The predicted molar refractivity (Wildman–Crippen MR) is 83.0 cm³/mol. The molecule has 0 aliphatic carbocycles. The quantitative estimate of drug-likeness (QED) is 0.916. The molecule has 112 valence electrons. The van der Waals surface area contributed by atoms with Gasteiger partial charge < -0.3 is 5.11 Å². The minimum Gasteiger partial charge on any atom is -0.480 e. The number of carboxylic acids is 1. The largest absolute Gasteiger partial charge is 0.480 e. The second kappa shape index (κ2) is 6.62. The Balaban J connectivity index is 1.97. The Morgan fingerprint density at radius 1 is 1.25 bits per heavy atom. The molecule has 1 N–H and O–H groups in total. The summed E-state index contributed by atoms with van der Waals surface area (Å²) in [6.45, 7) is 7.03. The highest BCUT2D eigenvalue weighted by atomic mass is 35.5. The second-order valence-electron chi connectivity index (χ2n) is 5.04. The van der Waals surface area contributed by atoms with Crippen LogP contribution >= 0.6 is 34.5 Å². The smallest absolute Gasteiger partial charge is 0.320 e. The average Bonchev–Trinajstić information content (AvgIpc) is 2.76. The third-order valence-corrected chi connectivity index (χ3v) is 5.45. The van der Waals surface area contributed by atoms with Gasteiger partial charge in [-0.1, -0.05) is 23.2 Å². The maximum absolute atomic E-state index is 11.0. The normalized spacial score (nSPS) is 20.8. The van der Waals surface area contributed by atoms with E-state index in [9.17, 15) is 4.79 Å². The molecule has 0 aromatic carbocycles. The molecule has 0 saturated carbocycles. The molecule has 0 amide bonds. The summed E-state index contributed by atoms with van der Waals surface area (Å²) in [5.41, 5.74) is 1.06. The third kappa shape index (κ3) is 3.46. The highest BCUT2D eigenvalue weighted by molar-refractivity contribution is 7.20. The Bertz CT molecular complexity index is 487. The molecular weight excluding hydrogens is 319 g/mol. The van der Waals surface area contributed by atoms with E-state index in [1.807, 2.05) is 11.0 Å². The molecule has 2 atom stereocenters. The fraction of sp³-hybridized carbons (Fsp3) is 0.615. The van der Waals surface area contributed by atoms with Gasteiger partial charge >= 0.3 is 5.97 Å². The number of hydrogen-bond acceptors (Lipinski definition) is 4. The van der Waals surface area contributed by atoms with Crippen molar-refractivity contribution in [3.63, 3.8) is 0 Å². The van der Waals surface area contributed by atoms with Gasteiger partial charge in [-0.25, -0.2) is 0 Å². The van der Waals surface area contributed by atoms with Crippen LogP contribution < -0.4 is 0 Å². The van der Waals surface area contributed by atoms with Crippen LogP contribution in [0, 0.1) is 0 Å². The Morgan fingerprint density at radius 2 is 1.80 bits per heavy atom. The zero-order chi connectivity index (χ0) is 14.9. The zero-order valence-electron chi connectivity index (χ0n) is 11.5. The Labute approximate surface area is 132 Å². The van der Waals surface area contributed by atoms with Crippen LogP contribution in [0.5, 0.6) is 0 Å². The minimum atomic E-state index is -0.765. The van der Waals surface area contributed by atoms with Crippen LogP contribution in [0.4, 0.5) is 0 Å². The number of carboxylic acid groups (broad SMARTS) is 1. The first-order chi connectivity index (χ1) is 9.40. The third-order valence-electron chi connectivity index (χ3n) is 3.93. The minimum absolute atomic E-state index is 0.202. The maximum Gasteiger partial charge on any atom is 0.320 e. The number of carbonyl (C=O) groups is 1. The molecule has 1 fully saturated rings. The molecule has 2 rings (SSSR count). The van der Waals surface area contributed by atoms with E-state index in [4.69, 9.17) is 28.3 Å². The van der Waals surface area contributed by atoms with Crippen LogP contribution in [0.2, 0.25) is 8.67 Å². The summed E-state index contributed by atoms with van der Waals surface area (Å²) < 4.78 is 1.44. The number of rotatable bonds is 4. The Morgan fingerprint density at radius 3 is 2.25 bits per heavy atom. The lowest BCUT2D eigenvalue weighted by atomic mass is 10.1. The Hall–Kier alpha value is -0.330. The van der Waals surface area contributed by atoms with E-state index in [0.717, 1.165) is 36.1 Å². The van der Waals surface area contributed by atoms with Crippen molar-refractivity contribution in [1.29, 1.82) is 0 Å². The molecule has 2 unspecified atom stereocenters. The molecule has 1 aromatic rings. The molecule has 2 heterocycles. The fourth-order valence-corrected chi connectivity index (χ4v) is 4.14. The predicted octanol–water partition coefficient (Wildman–Crippen LogP) is 3.21. The lowest BCUT2D eigenvalue weighted by Gasteiger charge is -2.39. The first-order valence-electron chi connectivity index (χ1n) is 6.55. The maximum atomic E-state index is 11.0. The van der Waals surface area contributed by atoms with Crippen molar-refractivity contribution in [1.82, 2.24) is 9.80 Å². The van der Waals surface area contributed by atoms with E-state index in [2.05, 4.69) is 11.8 Å². The summed E-state index contributed by atoms with van der Waals surface area (Å²) in [5, 5.41) is 9.04. The number of aliphatic carboxylic acids is 1. The zero-order valence-corrected chi connectivity index (χ0v) is 13.8. The van der Waals surface area contributed by atoms with Gasteiger partial charge in [0.05, 0.1) is 8.67 Å². The molecule has 7 heteroatoms. The van der Waals surface area contributed by atoms with Gasteiger partial charge in [0.1, 0.15) is 6.04 Å². The summed E-state index contributed by atoms with van der Waals surface area (Å²) in [6.07, 6.45) is 0. The van der Waals surface area contributed by atoms with E-state index in [1.54, 1.807) is 6.92 Å². The van der Waals surface area contributed by atoms with Gasteiger partial charge in [0.25, 0.3) is 0 Å². The molecule has 1 saturated heterocycles. The molecule has 4 nitrogen and oxygen atoms in total. The summed E-state index contributed by atoms with van der Waals surface area (Å²) >= 11 is 13.6. The van der Waals surface area contributed by atoms with Crippen molar-refractivity contribution in [2.45, 2.75) is 25.9 Å². The average molecular weight is 337 g/mol. The number of nitrogens with zero attached hydrogens (tertiary/aromatic N) is 2. The van der Waals surface area contributed by atoms with Crippen molar-refractivity contribution >= 4 is 40.5 Å². The SMILES string of the molecule is CC(C(=O)O)N1CCN(C(C)c2cc(Cl)sc2Cl)CC1. The molecule has 0 spiro atoms. The van der Waals surface area contributed by atoms with Crippen LogP contribution in [0.25, 0.3) is 0 Å². The first kappa shape index (κ1) is 16.0. The second-order valence-corrected chi connectivity index (χ2v) is 7.33. The van der Waals surface area contributed by atoms with Crippen LogP contribution in [0.1, 0.15) is 25.5 Å².